The van der Waals surface area contributed by atoms with Crippen LogP contribution in [0.3, 0.4) is 0 Å². The molecule has 0 fully saturated rings. The lowest BCUT2D eigenvalue weighted by Crippen LogP contribution is -2.03. The highest BCUT2D eigenvalue weighted by atomic mass is 15.3. The van der Waals surface area contributed by atoms with Crippen LogP contribution >= 0.6 is 0 Å². The molecular formula is C30H31N3. The van der Waals surface area contributed by atoms with Gasteiger partial charge in [0.1, 0.15) is 5.69 Å². The maximum Gasteiger partial charge on any atom is 0.101 e. The van der Waals surface area contributed by atoms with Crippen molar-refractivity contribution < 1.29 is 0 Å². The number of unbranched alkanes of at least 4 members (excludes halogenated alkanes) is 6. The third-order valence-corrected chi connectivity index (χ3v) is 6.02. The van der Waals surface area contributed by atoms with E-state index in [1.54, 1.807) is 0 Å². The molecule has 1 aromatic heterocycles. The Morgan fingerprint density at radius 1 is 0.606 bits per heavy atom. The van der Waals surface area contributed by atoms with Crippen LogP contribution in [0.5, 0.6) is 0 Å². The van der Waals surface area contributed by atoms with Gasteiger partial charge >= 0.3 is 0 Å². The van der Waals surface area contributed by atoms with E-state index in [1.807, 2.05) is 0 Å². The molecule has 0 aliphatic rings. The van der Waals surface area contributed by atoms with E-state index in [0.29, 0.717) is 6.42 Å². The molecule has 0 saturated carbocycles. The smallest absolute Gasteiger partial charge is 0.101 e. The summed E-state index contributed by atoms with van der Waals surface area (Å²) in [5.41, 5.74) is 6.96. The van der Waals surface area contributed by atoms with Gasteiger partial charge in [-0.05, 0) is 18.4 Å². The van der Waals surface area contributed by atoms with Gasteiger partial charge in [-0.3, -0.25) is 4.68 Å². The fourth-order valence-electron chi connectivity index (χ4n) is 4.36. The minimum atomic E-state index is 0.679. The highest BCUT2D eigenvalue weighted by Crippen LogP contribution is 2.40. The van der Waals surface area contributed by atoms with E-state index >= 15 is 0 Å². The number of aromatic nitrogens is 2. The Morgan fingerprint density at radius 2 is 1.12 bits per heavy atom. The third-order valence-electron chi connectivity index (χ3n) is 6.02. The van der Waals surface area contributed by atoms with Crippen molar-refractivity contribution in [3.8, 4) is 39.7 Å². The first-order valence-corrected chi connectivity index (χ1v) is 12.0. The van der Waals surface area contributed by atoms with Crippen LogP contribution in [0.1, 0.15) is 44.9 Å². The second-order valence-corrected chi connectivity index (χ2v) is 8.42. The maximum absolute atomic E-state index is 8.68. The second kappa shape index (κ2) is 11.8. The van der Waals surface area contributed by atoms with Crippen molar-refractivity contribution in [1.82, 2.24) is 9.78 Å². The van der Waals surface area contributed by atoms with Crippen molar-refractivity contribution in [2.75, 3.05) is 0 Å². The first-order valence-electron chi connectivity index (χ1n) is 12.0. The SMILES string of the molecule is N#CCCCCCCCCn1nc(-c2ccccc2)c(-c2ccccc2)c1-c1ccccc1. The minimum absolute atomic E-state index is 0.679. The number of nitrogens with zero attached hydrogens (tertiary/aromatic N) is 3. The number of nitriles is 1. The van der Waals surface area contributed by atoms with Crippen LogP contribution in [0.15, 0.2) is 91.0 Å². The number of rotatable bonds is 11. The standard InChI is InChI=1S/C30H31N3/c31-23-15-4-2-1-3-5-16-24-33-30(27-21-13-8-14-22-27)28(25-17-9-6-10-18-25)29(32-33)26-19-11-7-12-20-26/h6-14,17-22H,1-5,15-16,24H2. The monoisotopic (exact) mass is 433 g/mol. The molecule has 0 radical (unpaired) electrons. The van der Waals surface area contributed by atoms with Crippen molar-refractivity contribution in [3.05, 3.63) is 91.0 Å². The molecule has 0 amide bonds. The number of hydrogen-bond donors (Lipinski definition) is 0. The molecule has 1 heterocycles. The van der Waals surface area contributed by atoms with Gasteiger partial charge in [0.2, 0.25) is 0 Å². The van der Waals surface area contributed by atoms with Crippen LogP contribution in [0.25, 0.3) is 33.6 Å². The molecule has 3 aromatic carbocycles. The first kappa shape index (κ1) is 22.6. The van der Waals surface area contributed by atoms with E-state index in [9.17, 15) is 0 Å². The topological polar surface area (TPSA) is 41.6 Å². The Bertz CT molecular complexity index is 1160. The number of aryl methyl sites for hydroxylation is 1. The normalized spacial score (nSPS) is 10.8. The molecule has 0 bridgehead atoms. The molecule has 0 spiro atoms. The Hall–Kier alpha value is -3.64. The molecule has 4 rings (SSSR count). The molecule has 0 aliphatic carbocycles. The molecule has 3 nitrogen and oxygen atoms in total. The lowest BCUT2D eigenvalue weighted by Gasteiger charge is -2.11. The van der Waals surface area contributed by atoms with Crippen LogP contribution < -0.4 is 0 Å². The van der Waals surface area contributed by atoms with Crippen LogP contribution in [-0.4, -0.2) is 9.78 Å². The lowest BCUT2D eigenvalue weighted by molar-refractivity contribution is 0.529. The van der Waals surface area contributed by atoms with Crippen LogP contribution in [0.4, 0.5) is 0 Å². The third kappa shape index (κ3) is 5.79. The summed E-state index contributed by atoms with van der Waals surface area (Å²) >= 11 is 0. The van der Waals surface area contributed by atoms with Gasteiger partial charge in [-0.25, -0.2) is 0 Å². The fraction of sp³-hybridized carbons (Fsp3) is 0.267. The van der Waals surface area contributed by atoms with E-state index in [0.717, 1.165) is 37.1 Å². The number of hydrogen-bond acceptors (Lipinski definition) is 2. The van der Waals surface area contributed by atoms with Gasteiger partial charge in [-0.2, -0.15) is 10.4 Å². The van der Waals surface area contributed by atoms with Crippen molar-refractivity contribution in [2.45, 2.75) is 51.5 Å². The lowest BCUT2D eigenvalue weighted by atomic mass is 9.96. The van der Waals surface area contributed by atoms with Crippen LogP contribution in [0, 0.1) is 11.3 Å². The summed E-state index contributed by atoms with van der Waals surface area (Å²) in [4.78, 5) is 0. The molecule has 0 aliphatic heterocycles. The van der Waals surface area contributed by atoms with Crippen molar-refractivity contribution in [3.63, 3.8) is 0 Å². The second-order valence-electron chi connectivity index (χ2n) is 8.42. The molecular weight excluding hydrogens is 402 g/mol. The Kier molecular flexibility index (Phi) is 8.08. The molecule has 0 unspecified atom stereocenters. The van der Waals surface area contributed by atoms with E-state index in [1.165, 1.54) is 41.6 Å². The summed E-state index contributed by atoms with van der Waals surface area (Å²) in [6.07, 6.45) is 7.55. The summed E-state index contributed by atoms with van der Waals surface area (Å²) in [6.45, 7) is 0.898. The predicted octanol–water partition coefficient (Wildman–Crippen LogP) is 8.14. The quantitative estimate of drug-likeness (QED) is 0.224. The minimum Gasteiger partial charge on any atom is -0.264 e. The van der Waals surface area contributed by atoms with Gasteiger partial charge in [0.25, 0.3) is 0 Å². The molecule has 0 atom stereocenters. The highest BCUT2D eigenvalue weighted by molar-refractivity contribution is 5.91. The van der Waals surface area contributed by atoms with Gasteiger partial charge < -0.3 is 0 Å². The zero-order chi connectivity index (χ0) is 22.7. The molecule has 0 N–H and O–H groups in total. The van der Waals surface area contributed by atoms with Crippen molar-refractivity contribution in [2.24, 2.45) is 0 Å². The summed E-state index contributed by atoms with van der Waals surface area (Å²) in [6, 6.07) is 34.0. The molecule has 33 heavy (non-hydrogen) atoms. The fourth-order valence-corrected chi connectivity index (χ4v) is 4.36. The molecule has 4 aromatic rings. The van der Waals surface area contributed by atoms with Gasteiger partial charge in [0, 0.05) is 29.7 Å². The largest absolute Gasteiger partial charge is 0.264 e. The van der Waals surface area contributed by atoms with Crippen molar-refractivity contribution >= 4 is 0 Å². The van der Waals surface area contributed by atoms with E-state index in [2.05, 4.69) is 102 Å². The van der Waals surface area contributed by atoms with Gasteiger partial charge in [-0.1, -0.05) is 117 Å². The average Bonchev–Trinajstić information content (AvgIpc) is 3.27. The Morgan fingerprint density at radius 3 is 1.73 bits per heavy atom. The number of benzene rings is 3. The highest BCUT2D eigenvalue weighted by Gasteiger charge is 2.21. The van der Waals surface area contributed by atoms with E-state index in [-0.39, 0.29) is 0 Å². The predicted molar refractivity (Wildman–Crippen MR) is 136 cm³/mol. The summed E-state index contributed by atoms with van der Waals surface area (Å²) in [7, 11) is 0. The average molecular weight is 434 g/mol. The summed E-state index contributed by atoms with van der Waals surface area (Å²) in [5.74, 6) is 0. The van der Waals surface area contributed by atoms with Crippen molar-refractivity contribution in [1.29, 1.82) is 5.26 Å². The first-order chi connectivity index (χ1) is 16.4. The van der Waals surface area contributed by atoms with E-state index in [4.69, 9.17) is 10.4 Å². The zero-order valence-corrected chi connectivity index (χ0v) is 19.2. The molecule has 166 valence electrons. The molecule has 3 heteroatoms. The Labute approximate surface area is 197 Å². The summed E-state index contributed by atoms with van der Waals surface area (Å²) in [5, 5.41) is 13.9. The zero-order valence-electron chi connectivity index (χ0n) is 19.2. The van der Waals surface area contributed by atoms with Gasteiger partial charge in [-0.15, -0.1) is 0 Å². The van der Waals surface area contributed by atoms with Crippen LogP contribution in [-0.2, 0) is 6.54 Å². The van der Waals surface area contributed by atoms with Crippen LogP contribution in [0.2, 0.25) is 0 Å². The van der Waals surface area contributed by atoms with Gasteiger partial charge in [0.05, 0.1) is 11.8 Å². The molecule has 0 saturated heterocycles. The summed E-state index contributed by atoms with van der Waals surface area (Å²) < 4.78 is 2.22. The van der Waals surface area contributed by atoms with Gasteiger partial charge in [0.15, 0.2) is 0 Å². The maximum atomic E-state index is 8.68. The van der Waals surface area contributed by atoms with E-state index < -0.39 is 0 Å². The Balaban J connectivity index is 1.66.